The highest BCUT2D eigenvalue weighted by Crippen LogP contribution is 2.21. The number of carboxylic acid groups (broad SMARTS) is 1. The van der Waals surface area contributed by atoms with Crippen LogP contribution >= 0.6 is 11.8 Å². The fourth-order valence-electron chi connectivity index (χ4n) is 1.61. The van der Waals surface area contributed by atoms with E-state index >= 15 is 0 Å². The van der Waals surface area contributed by atoms with Crippen molar-refractivity contribution in [3.63, 3.8) is 0 Å². The van der Waals surface area contributed by atoms with Crippen LogP contribution in [0.15, 0.2) is 0 Å². The highest BCUT2D eigenvalue weighted by molar-refractivity contribution is 7.99. The Morgan fingerprint density at radius 1 is 1.33 bits per heavy atom. The Hall–Kier alpha value is -1.44. The number of carboxylic acids is 1. The summed E-state index contributed by atoms with van der Waals surface area (Å²) in [6, 6.07) is -1.05. The third-order valence-corrected chi connectivity index (χ3v) is 3.78. The number of nitrogens with zero attached hydrogens (tertiary/aromatic N) is 1. The van der Waals surface area contributed by atoms with Crippen LogP contribution in [0, 0.1) is 0 Å². The standard InChI is InChI=1S/C10H15N3O4S/c14-8(12-6-1-2-6)3-11-10(17)13-5-18-4-7(13)9(15)16/h6-7H,1-5H2,(H,11,17)(H,12,14)(H,15,16). The van der Waals surface area contributed by atoms with Gasteiger partial charge in [0, 0.05) is 11.8 Å². The van der Waals surface area contributed by atoms with Crippen LogP contribution in [-0.2, 0) is 9.59 Å². The fraction of sp³-hybridized carbons (Fsp3) is 0.700. The zero-order valence-corrected chi connectivity index (χ0v) is 10.5. The number of aliphatic carboxylic acids is 1. The first-order valence-corrected chi connectivity index (χ1v) is 6.88. The van der Waals surface area contributed by atoms with E-state index < -0.39 is 18.0 Å². The van der Waals surface area contributed by atoms with Gasteiger partial charge in [-0.05, 0) is 12.8 Å². The minimum Gasteiger partial charge on any atom is -0.480 e. The molecule has 7 nitrogen and oxygen atoms in total. The van der Waals surface area contributed by atoms with E-state index in [0.29, 0.717) is 11.6 Å². The normalized spacial score (nSPS) is 22.7. The number of thioether (sulfide) groups is 1. The number of hydrogen-bond donors (Lipinski definition) is 3. The van der Waals surface area contributed by atoms with E-state index in [0.717, 1.165) is 12.8 Å². The van der Waals surface area contributed by atoms with Crippen LogP contribution in [0.5, 0.6) is 0 Å². The second kappa shape index (κ2) is 5.47. The summed E-state index contributed by atoms with van der Waals surface area (Å²) in [6.07, 6.45) is 1.98. The predicted molar refractivity (Wildman–Crippen MR) is 65.2 cm³/mol. The Kier molecular flexibility index (Phi) is 3.95. The van der Waals surface area contributed by atoms with Crippen LogP contribution < -0.4 is 10.6 Å². The molecule has 3 amide bonds. The molecule has 1 saturated heterocycles. The second-order valence-electron chi connectivity index (χ2n) is 4.32. The number of amides is 3. The molecule has 0 bridgehead atoms. The molecule has 100 valence electrons. The molecule has 0 aromatic carbocycles. The minimum absolute atomic E-state index is 0.108. The largest absolute Gasteiger partial charge is 0.480 e. The maximum Gasteiger partial charge on any atom is 0.327 e. The molecule has 2 aliphatic rings. The van der Waals surface area contributed by atoms with Gasteiger partial charge in [-0.3, -0.25) is 4.79 Å². The van der Waals surface area contributed by atoms with Gasteiger partial charge in [-0.1, -0.05) is 0 Å². The smallest absolute Gasteiger partial charge is 0.327 e. The van der Waals surface area contributed by atoms with E-state index in [2.05, 4.69) is 10.6 Å². The Morgan fingerprint density at radius 2 is 2.06 bits per heavy atom. The van der Waals surface area contributed by atoms with E-state index in [-0.39, 0.29) is 18.5 Å². The first kappa shape index (κ1) is 13.0. The van der Waals surface area contributed by atoms with E-state index in [9.17, 15) is 14.4 Å². The van der Waals surface area contributed by atoms with Crippen LogP contribution in [0.2, 0.25) is 0 Å². The van der Waals surface area contributed by atoms with E-state index in [1.807, 2.05) is 0 Å². The first-order chi connectivity index (χ1) is 8.58. The molecule has 1 heterocycles. The van der Waals surface area contributed by atoms with Gasteiger partial charge in [0.05, 0.1) is 12.4 Å². The SMILES string of the molecule is O=C(CNC(=O)N1CSCC1C(=O)O)NC1CC1. The quantitative estimate of drug-likeness (QED) is 0.637. The Bertz CT molecular complexity index is 372. The summed E-state index contributed by atoms with van der Waals surface area (Å²) >= 11 is 1.39. The molecule has 2 fully saturated rings. The summed E-state index contributed by atoms with van der Waals surface area (Å²) in [5.41, 5.74) is 0. The lowest BCUT2D eigenvalue weighted by Gasteiger charge is -2.20. The van der Waals surface area contributed by atoms with Crippen molar-refractivity contribution in [2.24, 2.45) is 0 Å². The van der Waals surface area contributed by atoms with Crippen molar-refractivity contribution >= 4 is 29.7 Å². The van der Waals surface area contributed by atoms with Gasteiger partial charge in [0.2, 0.25) is 5.91 Å². The van der Waals surface area contributed by atoms with E-state index in [1.165, 1.54) is 16.7 Å². The highest BCUT2D eigenvalue weighted by Gasteiger charge is 2.34. The van der Waals surface area contributed by atoms with Gasteiger partial charge < -0.3 is 20.6 Å². The number of carbonyl (C=O) groups excluding carboxylic acids is 2. The first-order valence-electron chi connectivity index (χ1n) is 5.72. The van der Waals surface area contributed by atoms with E-state index in [4.69, 9.17) is 5.11 Å². The van der Waals surface area contributed by atoms with Crippen molar-refractivity contribution in [3.05, 3.63) is 0 Å². The molecule has 1 unspecified atom stereocenters. The van der Waals surface area contributed by atoms with Crippen molar-refractivity contribution in [3.8, 4) is 0 Å². The summed E-state index contributed by atoms with van der Waals surface area (Å²) in [5.74, 6) is -0.522. The molecule has 1 saturated carbocycles. The van der Waals surface area contributed by atoms with Crippen molar-refractivity contribution in [1.82, 2.24) is 15.5 Å². The van der Waals surface area contributed by atoms with E-state index in [1.54, 1.807) is 0 Å². The Morgan fingerprint density at radius 3 is 2.67 bits per heavy atom. The molecule has 0 aromatic heterocycles. The lowest BCUT2D eigenvalue weighted by atomic mass is 10.3. The van der Waals surface area contributed by atoms with Gasteiger partial charge in [-0.2, -0.15) is 0 Å². The van der Waals surface area contributed by atoms with Crippen molar-refractivity contribution in [2.45, 2.75) is 24.9 Å². The molecular formula is C10H15N3O4S. The number of hydrogen-bond acceptors (Lipinski definition) is 4. The Balaban J connectivity index is 1.76. The molecule has 8 heteroatoms. The molecule has 3 N–H and O–H groups in total. The summed E-state index contributed by atoms with van der Waals surface area (Å²) in [4.78, 5) is 35.2. The number of urea groups is 1. The van der Waals surface area contributed by atoms with Crippen LogP contribution in [0.25, 0.3) is 0 Å². The van der Waals surface area contributed by atoms with Gasteiger partial charge in [-0.15, -0.1) is 11.8 Å². The number of nitrogens with one attached hydrogen (secondary N) is 2. The average Bonchev–Trinajstić information content (AvgIpc) is 2.98. The number of carbonyl (C=O) groups is 3. The molecule has 0 spiro atoms. The highest BCUT2D eigenvalue weighted by atomic mass is 32.2. The summed E-state index contributed by atoms with van der Waals surface area (Å²) in [5, 5.41) is 14.1. The minimum atomic E-state index is -1.02. The molecular weight excluding hydrogens is 258 g/mol. The summed E-state index contributed by atoms with van der Waals surface area (Å²) < 4.78 is 0. The lowest BCUT2D eigenvalue weighted by molar-refractivity contribution is -0.140. The molecule has 2 rings (SSSR count). The van der Waals surface area contributed by atoms with Gasteiger partial charge in [0.25, 0.3) is 0 Å². The van der Waals surface area contributed by atoms with Gasteiger partial charge in [-0.25, -0.2) is 9.59 Å². The zero-order chi connectivity index (χ0) is 13.1. The van der Waals surface area contributed by atoms with Crippen molar-refractivity contribution < 1.29 is 19.5 Å². The Labute approximate surface area is 108 Å². The third-order valence-electron chi connectivity index (χ3n) is 2.77. The molecule has 18 heavy (non-hydrogen) atoms. The lowest BCUT2D eigenvalue weighted by Crippen LogP contribution is -2.49. The molecule has 1 aliphatic carbocycles. The zero-order valence-electron chi connectivity index (χ0n) is 9.72. The van der Waals surface area contributed by atoms with Gasteiger partial charge in [0.15, 0.2) is 0 Å². The third kappa shape index (κ3) is 3.28. The van der Waals surface area contributed by atoms with Crippen molar-refractivity contribution in [1.29, 1.82) is 0 Å². The molecule has 0 radical (unpaired) electrons. The second-order valence-corrected chi connectivity index (χ2v) is 5.32. The van der Waals surface area contributed by atoms with Crippen LogP contribution in [0.4, 0.5) is 4.79 Å². The van der Waals surface area contributed by atoms with Crippen LogP contribution in [-0.4, -0.2) is 58.2 Å². The van der Waals surface area contributed by atoms with Crippen LogP contribution in [0.3, 0.4) is 0 Å². The molecule has 0 aromatic rings. The van der Waals surface area contributed by atoms with Gasteiger partial charge >= 0.3 is 12.0 Å². The maximum absolute atomic E-state index is 11.7. The van der Waals surface area contributed by atoms with Crippen molar-refractivity contribution in [2.75, 3.05) is 18.2 Å². The molecule has 1 aliphatic heterocycles. The fourth-order valence-corrected chi connectivity index (χ4v) is 2.76. The van der Waals surface area contributed by atoms with Crippen LogP contribution in [0.1, 0.15) is 12.8 Å². The predicted octanol–water partition coefficient (Wildman–Crippen LogP) is -0.566. The summed E-state index contributed by atoms with van der Waals surface area (Å²) in [7, 11) is 0. The molecule has 1 atom stereocenters. The maximum atomic E-state index is 11.7. The topological polar surface area (TPSA) is 98.7 Å². The summed E-state index contributed by atoms with van der Waals surface area (Å²) in [6.45, 7) is -0.108. The average molecular weight is 273 g/mol. The van der Waals surface area contributed by atoms with Gasteiger partial charge in [0.1, 0.15) is 6.04 Å². The number of rotatable bonds is 4. The monoisotopic (exact) mass is 273 g/mol.